The Bertz CT molecular complexity index is 955. The SMILES string of the molecule is CCCCNc1ccc(S(N)(=O)=O)cc1NS(=O)(=O)c1ccc(Br)s1. The quantitative estimate of drug-likeness (QED) is 0.515. The number of halogens is 1. The van der Waals surface area contributed by atoms with Crippen LogP contribution in [0.15, 0.2) is 43.2 Å². The van der Waals surface area contributed by atoms with Crippen molar-refractivity contribution in [3.8, 4) is 0 Å². The smallest absolute Gasteiger partial charge is 0.271 e. The largest absolute Gasteiger partial charge is 0.383 e. The molecule has 0 spiro atoms. The Morgan fingerprint density at radius 1 is 1.12 bits per heavy atom. The number of unbranched alkanes of at least 4 members (excludes halogenated alkanes) is 1. The molecule has 1 aromatic heterocycles. The van der Waals surface area contributed by atoms with Gasteiger partial charge in [0, 0.05) is 6.54 Å². The van der Waals surface area contributed by atoms with E-state index in [1.165, 1.54) is 24.3 Å². The van der Waals surface area contributed by atoms with Crippen molar-refractivity contribution in [1.82, 2.24) is 0 Å². The van der Waals surface area contributed by atoms with Gasteiger partial charge in [0.25, 0.3) is 10.0 Å². The Hall–Kier alpha value is -1.14. The lowest BCUT2D eigenvalue weighted by molar-refractivity contribution is 0.597. The van der Waals surface area contributed by atoms with Crippen LogP contribution < -0.4 is 15.2 Å². The molecular weight excluding hydrogens is 450 g/mol. The fourth-order valence-electron chi connectivity index (χ4n) is 1.98. The maximum Gasteiger partial charge on any atom is 0.271 e. The second-order valence-electron chi connectivity index (χ2n) is 5.20. The minimum absolute atomic E-state index is 0.111. The van der Waals surface area contributed by atoms with Gasteiger partial charge >= 0.3 is 0 Å². The molecule has 0 radical (unpaired) electrons. The van der Waals surface area contributed by atoms with Crippen LogP contribution in [0.3, 0.4) is 0 Å². The molecule has 7 nitrogen and oxygen atoms in total. The van der Waals surface area contributed by atoms with E-state index in [0.29, 0.717) is 16.0 Å². The van der Waals surface area contributed by atoms with Crippen LogP contribution in [0.2, 0.25) is 0 Å². The average Bonchev–Trinajstić information content (AvgIpc) is 2.95. The standard InChI is InChI=1S/C14H18BrN3O4S3/c1-2-3-8-17-11-5-4-10(24(16,19)20)9-12(11)18-25(21,22)14-7-6-13(15)23-14/h4-7,9,17-18H,2-3,8H2,1H3,(H2,16,19,20). The van der Waals surface area contributed by atoms with E-state index in [1.807, 2.05) is 6.92 Å². The van der Waals surface area contributed by atoms with Gasteiger partial charge in [-0.2, -0.15) is 0 Å². The van der Waals surface area contributed by atoms with Crippen LogP contribution >= 0.6 is 27.3 Å². The van der Waals surface area contributed by atoms with E-state index in [9.17, 15) is 16.8 Å². The Balaban J connectivity index is 2.41. The molecule has 1 aromatic carbocycles. The van der Waals surface area contributed by atoms with Crippen LogP contribution in [-0.4, -0.2) is 23.4 Å². The first kappa shape index (κ1) is 20.2. The first-order chi connectivity index (χ1) is 11.6. The third kappa shape index (κ3) is 5.42. The van der Waals surface area contributed by atoms with Gasteiger partial charge in [-0.1, -0.05) is 13.3 Å². The summed E-state index contributed by atoms with van der Waals surface area (Å²) in [4.78, 5) is -0.168. The number of primary sulfonamides is 1. The second-order valence-corrected chi connectivity index (χ2v) is 11.1. The number of hydrogen-bond acceptors (Lipinski definition) is 6. The average molecular weight is 468 g/mol. The number of sulfonamides is 2. The molecule has 0 aliphatic heterocycles. The van der Waals surface area contributed by atoms with Crippen molar-refractivity contribution in [1.29, 1.82) is 0 Å². The molecule has 2 aromatic rings. The Morgan fingerprint density at radius 3 is 2.40 bits per heavy atom. The van der Waals surface area contributed by atoms with Gasteiger partial charge in [-0.05, 0) is 52.7 Å². The summed E-state index contributed by atoms with van der Waals surface area (Å²) >= 11 is 4.28. The number of thiophene rings is 1. The van der Waals surface area contributed by atoms with Crippen LogP contribution in [0.5, 0.6) is 0 Å². The molecule has 0 bridgehead atoms. The molecule has 2 rings (SSSR count). The third-order valence-electron chi connectivity index (χ3n) is 3.22. The minimum Gasteiger partial charge on any atom is -0.383 e. The van der Waals surface area contributed by atoms with Gasteiger partial charge < -0.3 is 5.32 Å². The van der Waals surface area contributed by atoms with E-state index in [2.05, 4.69) is 26.0 Å². The lowest BCUT2D eigenvalue weighted by Crippen LogP contribution is -2.16. The van der Waals surface area contributed by atoms with E-state index < -0.39 is 20.0 Å². The van der Waals surface area contributed by atoms with Crippen LogP contribution in [-0.2, 0) is 20.0 Å². The zero-order valence-corrected chi connectivity index (χ0v) is 17.4. The lowest BCUT2D eigenvalue weighted by atomic mass is 10.2. The number of nitrogens with two attached hydrogens (primary N) is 1. The monoisotopic (exact) mass is 467 g/mol. The van der Waals surface area contributed by atoms with Crippen LogP contribution in [0.4, 0.5) is 11.4 Å². The molecule has 0 unspecified atom stereocenters. The molecule has 1 heterocycles. The van der Waals surface area contributed by atoms with Crippen LogP contribution in [0.25, 0.3) is 0 Å². The first-order valence-corrected chi connectivity index (χ1v) is 12.0. The summed E-state index contributed by atoms with van der Waals surface area (Å²) < 4.78 is 51.4. The van der Waals surface area contributed by atoms with Crippen molar-refractivity contribution >= 4 is 58.7 Å². The zero-order valence-electron chi connectivity index (χ0n) is 13.3. The fourth-order valence-corrected chi connectivity index (χ4v) is 5.60. The van der Waals surface area contributed by atoms with Gasteiger partial charge in [0.1, 0.15) is 4.21 Å². The van der Waals surface area contributed by atoms with Crippen molar-refractivity contribution in [3.63, 3.8) is 0 Å². The Morgan fingerprint density at radius 2 is 1.84 bits per heavy atom. The third-order valence-corrected chi connectivity index (χ3v) is 7.62. The van der Waals surface area contributed by atoms with Gasteiger partial charge in [-0.3, -0.25) is 4.72 Å². The predicted molar refractivity (Wildman–Crippen MR) is 104 cm³/mol. The molecule has 0 aliphatic carbocycles. The molecule has 11 heteroatoms. The summed E-state index contributed by atoms with van der Waals surface area (Å²) in [5, 5.41) is 8.25. The lowest BCUT2D eigenvalue weighted by Gasteiger charge is -2.14. The van der Waals surface area contributed by atoms with Crippen molar-refractivity contribution < 1.29 is 16.8 Å². The van der Waals surface area contributed by atoms with Gasteiger partial charge in [-0.25, -0.2) is 22.0 Å². The maximum absolute atomic E-state index is 12.5. The van der Waals surface area contributed by atoms with E-state index >= 15 is 0 Å². The fraction of sp³-hybridized carbons (Fsp3) is 0.286. The highest BCUT2D eigenvalue weighted by molar-refractivity contribution is 9.11. The number of nitrogens with one attached hydrogen (secondary N) is 2. The van der Waals surface area contributed by atoms with Gasteiger partial charge in [0.2, 0.25) is 10.0 Å². The van der Waals surface area contributed by atoms with E-state index in [0.717, 1.165) is 24.2 Å². The molecule has 0 saturated heterocycles. The molecular formula is C14H18BrN3O4S3. The highest BCUT2D eigenvalue weighted by atomic mass is 79.9. The predicted octanol–water partition coefficient (Wildman–Crippen LogP) is 3.17. The van der Waals surface area contributed by atoms with Gasteiger partial charge in [0.15, 0.2) is 0 Å². The number of hydrogen-bond donors (Lipinski definition) is 3. The summed E-state index contributed by atoms with van der Waals surface area (Å²) in [5.74, 6) is 0. The highest BCUT2D eigenvalue weighted by Gasteiger charge is 2.20. The van der Waals surface area contributed by atoms with Crippen LogP contribution in [0.1, 0.15) is 19.8 Å². The second kappa shape index (κ2) is 8.04. The molecule has 0 saturated carbocycles. The van der Waals surface area contributed by atoms with Gasteiger partial charge in [0.05, 0.1) is 20.1 Å². The maximum atomic E-state index is 12.5. The molecule has 4 N–H and O–H groups in total. The Labute approximate surface area is 159 Å². The highest BCUT2D eigenvalue weighted by Crippen LogP contribution is 2.31. The normalized spacial score (nSPS) is 12.1. The summed E-state index contributed by atoms with van der Waals surface area (Å²) in [6, 6.07) is 7.13. The number of anilines is 2. The summed E-state index contributed by atoms with van der Waals surface area (Å²) in [6.45, 7) is 2.66. The van der Waals surface area contributed by atoms with E-state index in [4.69, 9.17) is 5.14 Å². The van der Waals surface area contributed by atoms with Crippen molar-refractivity contribution in [2.24, 2.45) is 5.14 Å². The van der Waals surface area contributed by atoms with Crippen LogP contribution in [0, 0.1) is 0 Å². The number of benzene rings is 1. The molecule has 138 valence electrons. The summed E-state index contributed by atoms with van der Waals surface area (Å²) in [5.41, 5.74) is 0.618. The van der Waals surface area contributed by atoms with E-state index in [1.54, 1.807) is 6.07 Å². The van der Waals surface area contributed by atoms with Gasteiger partial charge in [-0.15, -0.1) is 11.3 Å². The van der Waals surface area contributed by atoms with E-state index in [-0.39, 0.29) is 14.8 Å². The summed E-state index contributed by atoms with van der Waals surface area (Å²) in [7, 11) is -7.80. The zero-order chi connectivity index (χ0) is 18.7. The molecule has 25 heavy (non-hydrogen) atoms. The van der Waals surface area contributed by atoms with Crippen molar-refractivity contribution in [3.05, 3.63) is 34.1 Å². The molecule has 0 aliphatic rings. The summed E-state index contributed by atoms with van der Waals surface area (Å²) in [6.07, 6.45) is 1.85. The number of rotatable bonds is 8. The van der Waals surface area contributed by atoms with Crippen molar-refractivity contribution in [2.45, 2.75) is 28.9 Å². The minimum atomic E-state index is -3.95. The first-order valence-electron chi connectivity index (χ1n) is 7.32. The molecule has 0 amide bonds. The molecule has 0 fully saturated rings. The Kier molecular flexibility index (Phi) is 6.49. The topological polar surface area (TPSA) is 118 Å². The molecule has 0 atom stereocenters. The van der Waals surface area contributed by atoms with Crippen molar-refractivity contribution in [2.75, 3.05) is 16.6 Å².